The average molecular weight is 402 g/mol. The van der Waals surface area contributed by atoms with Crippen molar-refractivity contribution in [2.75, 3.05) is 0 Å². The zero-order valence-corrected chi connectivity index (χ0v) is 16.4. The first-order valence-corrected chi connectivity index (χ1v) is 9.56. The quantitative estimate of drug-likeness (QED) is 0.256. The maximum absolute atomic E-state index is 6.09. The Bertz CT molecular complexity index is 1190. The highest BCUT2D eigenvalue weighted by Gasteiger charge is 2.19. The molecule has 5 N–H and O–H groups in total. The molecule has 0 aliphatic rings. The van der Waals surface area contributed by atoms with Crippen LogP contribution in [-0.4, -0.2) is 16.7 Å². The minimum absolute atomic E-state index is 0.0801. The summed E-state index contributed by atoms with van der Waals surface area (Å²) in [5.41, 5.74) is 16.9. The molecule has 0 atom stereocenters. The summed E-state index contributed by atoms with van der Waals surface area (Å²) in [5.74, 6) is -0.0801. The van der Waals surface area contributed by atoms with Crippen molar-refractivity contribution in [2.45, 2.75) is 6.42 Å². The number of fused-ring (bicyclic) bond motifs is 1. The van der Waals surface area contributed by atoms with Gasteiger partial charge in [-0.1, -0.05) is 72.3 Å². The summed E-state index contributed by atoms with van der Waals surface area (Å²) in [4.78, 5) is 3.52. The number of rotatable bonds is 5. The van der Waals surface area contributed by atoms with Crippen LogP contribution in [0.5, 0.6) is 0 Å². The van der Waals surface area contributed by atoms with Gasteiger partial charge in [0.25, 0.3) is 0 Å². The van der Waals surface area contributed by atoms with E-state index in [0.717, 1.165) is 39.0 Å². The molecule has 4 aromatic rings. The third kappa shape index (κ3) is 4.15. The maximum Gasteiger partial charge on any atom is 0.211 e. The van der Waals surface area contributed by atoms with Gasteiger partial charge in [-0.05, 0) is 29.3 Å². The molecule has 29 heavy (non-hydrogen) atoms. The van der Waals surface area contributed by atoms with Crippen LogP contribution in [0.3, 0.4) is 0 Å². The lowest BCUT2D eigenvalue weighted by atomic mass is 9.96. The third-order valence-electron chi connectivity index (χ3n) is 4.63. The van der Waals surface area contributed by atoms with Gasteiger partial charge in [0.2, 0.25) is 5.96 Å². The van der Waals surface area contributed by atoms with Gasteiger partial charge >= 0.3 is 0 Å². The summed E-state index contributed by atoms with van der Waals surface area (Å²) in [6.45, 7) is 0. The van der Waals surface area contributed by atoms with Gasteiger partial charge in [-0.2, -0.15) is 5.10 Å². The first kappa shape index (κ1) is 18.8. The Balaban J connectivity index is 1.94. The van der Waals surface area contributed by atoms with Crippen molar-refractivity contribution >= 4 is 34.2 Å². The van der Waals surface area contributed by atoms with Crippen LogP contribution in [0.1, 0.15) is 11.1 Å². The fraction of sp³-hybridized carbons (Fsp3) is 0.0435. The molecule has 3 aromatic carbocycles. The van der Waals surface area contributed by atoms with Crippen LogP contribution in [0.25, 0.3) is 22.2 Å². The second-order valence-corrected chi connectivity index (χ2v) is 7.10. The van der Waals surface area contributed by atoms with E-state index in [-0.39, 0.29) is 5.96 Å². The maximum atomic E-state index is 6.09. The Morgan fingerprint density at radius 3 is 2.24 bits per heavy atom. The number of benzene rings is 3. The second kappa shape index (κ2) is 8.20. The van der Waals surface area contributed by atoms with Crippen LogP contribution in [-0.2, 0) is 6.42 Å². The van der Waals surface area contributed by atoms with Crippen LogP contribution in [0.15, 0.2) is 89.1 Å². The second-order valence-electron chi connectivity index (χ2n) is 6.66. The van der Waals surface area contributed by atoms with Crippen molar-refractivity contribution in [2.24, 2.45) is 21.7 Å². The molecule has 0 saturated heterocycles. The van der Waals surface area contributed by atoms with Gasteiger partial charge in [0.1, 0.15) is 0 Å². The van der Waals surface area contributed by atoms with E-state index >= 15 is 0 Å². The number of para-hydroxylation sites is 1. The molecule has 0 spiro atoms. The van der Waals surface area contributed by atoms with Crippen LogP contribution in [0.4, 0.5) is 0 Å². The van der Waals surface area contributed by atoms with Crippen LogP contribution in [0.2, 0.25) is 5.02 Å². The molecule has 0 aliphatic carbocycles. The van der Waals surface area contributed by atoms with Gasteiger partial charge < -0.3 is 16.5 Å². The number of aromatic amines is 1. The van der Waals surface area contributed by atoms with Gasteiger partial charge in [0, 0.05) is 27.9 Å². The van der Waals surface area contributed by atoms with E-state index in [0.29, 0.717) is 11.4 Å². The number of nitrogens with zero attached hydrogens (tertiary/aromatic N) is 2. The smallest absolute Gasteiger partial charge is 0.211 e. The van der Waals surface area contributed by atoms with Gasteiger partial charge in [-0.3, -0.25) is 0 Å². The number of halogens is 1. The monoisotopic (exact) mass is 401 g/mol. The van der Waals surface area contributed by atoms with Crippen molar-refractivity contribution in [3.05, 3.63) is 95.0 Å². The molecular weight excluding hydrogens is 382 g/mol. The minimum Gasteiger partial charge on any atom is -0.369 e. The third-order valence-corrected chi connectivity index (χ3v) is 4.88. The van der Waals surface area contributed by atoms with E-state index in [1.54, 1.807) is 0 Å². The van der Waals surface area contributed by atoms with Crippen molar-refractivity contribution in [3.8, 4) is 11.3 Å². The van der Waals surface area contributed by atoms with Gasteiger partial charge in [0.15, 0.2) is 0 Å². The minimum atomic E-state index is -0.0801. The van der Waals surface area contributed by atoms with E-state index in [1.807, 2.05) is 60.7 Å². The fourth-order valence-electron chi connectivity index (χ4n) is 3.36. The summed E-state index contributed by atoms with van der Waals surface area (Å²) in [6, 6.07) is 25.9. The molecule has 0 bridgehead atoms. The molecule has 1 aromatic heterocycles. The summed E-state index contributed by atoms with van der Waals surface area (Å²) in [7, 11) is 0. The van der Waals surface area contributed by atoms with E-state index in [4.69, 9.17) is 23.1 Å². The zero-order valence-electron chi connectivity index (χ0n) is 15.6. The van der Waals surface area contributed by atoms with E-state index < -0.39 is 0 Å². The lowest BCUT2D eigenvalue weighted by molar-refractivity contribution is 1.17. The first-order chi connectivity index (χ1) is 14.1. The Labute approximate surface area is 173 Å². The zero-order chi connectivity index (χ0) is 20.2. The lowest BCUT2D eigenvalue weighted by Crippen LogP contribution is -2.22. The van der Waals surface area contributed by atoms with Crippen LogP contribution < -0.4 is 11.5 Å². The van der Waals surface area contributed by atoms with Crippen molar-refractivity contribution in [3.63, 3.8) is 0 Å². The largest absolute Gasteiger partial charge is 0.369 e. The molecule has 0 aliphatic heterocycles. The molecule has 0 fully saturated rings. The molecule has 5 nitrogen and oxygen atoms in total. The highest BCUT2D eigenvalue weighted by atomic mass is 35.5. The summed E-state index contributed by atoms with van der Waals surface area (Å²) in [6.07, 6.45) is 0.583. The molecular formula is C23H20ClN5. The Morgan fingerprint density at radius 1 is 0.828 bits per heavy atom. The molecule has 6 heteroatoms. The number of nitrogens with two attached hydrogens (primary N) is 2. The Kier molecular flexibility index (Phi) is 5.31. The molecule has 1 heterocycles. The SMILES string of the molecule is NC(N)=NN=C(Cc1ccccc1)c1c(-c2ccc(Cl)cc2)[nH]c2ccccc12. The van der Waals surface area contributed by atoms with Crippen molar-refractivity contribution < 1.29 is 0 Å². The molecule has 0 radical (unpaired) electrons. The molecule has 144 valence electrons. The van der Waals surface area contributed by atoms with E-state index in [9.17, 15) is 0 Å². The van der Waals surface area contributed by atoms with Gasteiger partial charge in [0.05, 0.1) is 11.4 Å². The number of aromatic nitrogens is 1. The topological polar surface area (TPSA) is 92.6 Å². The number of H-pyrrole nitrogens is 1. The number of guanidine groups is 1. The molecule has 0 unspecified atom stereocenters. The van der Waals surface area contributed by atoms with Crippen molar-refractivity contribution in [1.82, 2.24) is 4.98 Å². The van der Waals surface area contributed by atoms with Gasteiger partial charge in [-0.25, -0.2) is 0 Å². The van der Waals surface area contributed by atoms with Crippen LogP contribution >= 0.6 is 11.6 Å². The average Bonchev–Trinajstić information content (AvgIpc) is 3.12. The summed E-state index contributed by atoms with van der Waals surface area (Å²) in [5, 5.41) is 10.1. The molecule has 4 rings (SSSR count). The lowest BCUT2D eigenvalue weighted by Gasteiger charge is -2.09. The fourth-order valence-corrected chi connectivity index (χ4v) is 3.48. The Hall–Kier alpha value is -3.57. The number of nitrogens with one attached hydrogen (secondary N) is 1. The predicted molar refractivity (Wildman–Crippen MR) is 121 cm³/mol. The standard InChI is InChI=1S/C23H20ClN5/c24-17-12-10-16(11-13-17)22-21(18-8-4-5-9-19(18)27-22)20(28-29-23(25)26)14-15-6-2-1-3-7-15/h1-13,27H,14H2,(H4,25,26,29). The number of hydrogen-bond donors (Lipinski definition) is 3. The Morgan fingerprint density at radius 2 is 1.52 bits per heavy atom. The predicted octanol–water partition coefficient (Wildman–Crippen LogP) is 4.71. The number of hydrogen-bond acceptors (Lipinski definition) is 2. The molecule has 0 saturated carbocycles. The van der Waals surface area contributed by atoms with Crippen molar-refractivity contribution in [1.29, 1.82) is 0 Å². The normalized spacial score (nSPS) is 11.6. The highest BCUT2D eigenvalue weighted by Crippen LogP contribution is 2.32. The van der Waals surface area contributed by atoms with Crippen LogP contribution in [0, 0.1) is 0 Å². The highest BCUT2D eigenvalue weighted by molar-refractivity contribution is 6.30. The summed E-state index contributed by atoms with van der Waals surface area (Å²) >= 11 is 6.09. The first-order valence-electron chi connectivity index (χ1n) is 9.18. The molecule has 0 amide bonds. The van der Waals surface area contributed by atoms with Gasteiger partial charge in [-0.15, -0.1) is 5.10 Å². The van der Waals surface area contributed by atoms with E-state index in [1.165, 1.54) is 0 Å². The van der Waals surface area contributed by atoms with E-state index in [2.05, 4.69) is 33.4 Å². The summed E-state index contributed by atoms with van der Waals surface area (Å²) < 4.78 is 0.